The van der Waals surface area contributed by atoms with E-state index in [4.69, 9.17) is 9.47 Å². The zero-order valence-electron chi connectivity index (χ0n) is 15.3. The van der Waals surface area contributed by atoms with Crippen molar-refractivity contribution in [2.75, 3.05) is 33.9 Å². The number of ether oxygens (including phenoxy) is 2. The van der Waals surface area contributed by atoms with E-state index in [2.05, 4.69) is 20.3 Å². The highest BCUT2D eigenvalue weighted by atomic mass is 19.1. The lowest BCUT2D eigenvalue weighted by Crippen LogP contribution is -2.47. The summed E-state index contributed by atoms with van der Waals surface area (Å²) in [6.07, 6.45) is 3.74. The Kier molecular flexibility index (Phi) is 5.72. The van der Waals surface area contributed by atoms with Crippen molar-refractivity contribution < 1.29 is 13.9 Å². The van der Waals surface area contributed by atoms with Crippen LogP contribution in [-0.2, 0) is 18.3 Å². The van der Waals surface area contributed by atoms with Gasteiger partial charge in [0, 0.05) is 38.9 Å². The van der Waals surface area contributed by atoms with E-state index in [0.29, 0.717) is 19.7 Å². The van der Waals surface area contributed by atoms with Gasteiger partial charge < -0.3 is 19.7 Å². The first-order chi connectivity index (χ1) is 12.6. The number of aromatic nitrogens is 2. The minimum Gasteiger partial charge on any atom is -0.494 e. The standard InChI is InChI=1S/C18H24FN5O2/c1-20-18(21-9-13-4-5-16(25-3)15(19)8-13)24-6-7-26-17(12-24)14-10-22-23(2)11-14/h4-5,8,10-11,17H,6-7,9,12H2,1-3H3,(H,20,21). The van der Waals surface area contributed by atoms with Gasteiger partial charge in [0.15, 0.2) is 17.5 Å². The monoisotopic (exact) mass is 361 g/mol. The molecule has 3 rings (SSSR count). The van der Waals surface area contributed by atoms with Crippen molar-refractivity contribution in [3.05, 3.63) is 47.5 Å². The first-order valence-electron chi connectivity index (χ1n) is 8.49. The molecule has 1 N–H and O–H groups in total. The van der Waals surface area contributed by atoms with Gasteiger partial charge in [-0.2, -0.15) is 5.10 Å². The normalized spacial score (nSPS) is 18.1. The highest BCUT2D eigenvalue weighted by Gasteiger charge is 2.25. The van der Waals surface area contributed by atoms with E-state index in [1.807, 2.05) is 25.5 Å². The number of methoxy groups -OCH3 is 1. The van der Waals surface area contributed by atoms with E-state index in [1.165, 1.54) is 13.2 Å². The maximum absolute atomic E-state index is 13.8. The van der Waals surface area contributed by atoms with E-state index in [0.717, 1.165) is 23.6 Å². The summed E-state index contributed by atoms with van der Waals surface area (Å²) in [5, 5.41) is 7.50. The molecule has 1 unspecified atom stereocenters. The lowest BCUT2D eigenvalue weighted by atomic mass is 10.1. The number of morpholine rings is 1. The Morgan fingerprint density at radius 3 is 3.00 bits per heavy atom. The zero-order chi connectivity index (χ0) is 18.5. The van der Waals surface area contributed by atoms with Crippen LogP contribution in [0.3, 0.4) is 0 Å². The van der Waals surface area contributed by atoms with Gasteiger partial charge in [-0.1, -0.05) is 6.07 Å². The summed E-state index contributed by atoms with van der Waals surface area (Å²) in [4.78, 5) is 6.49. The van der Waals surface area contributed by atoms with Crippen LogP contribution in [0.15, 0.2) is 35.6 Å². The molecule has 1 aliphatic rings. The number of nitrogens with one attached hydrogen (secondary N) is 1. The van der Waals surface area contributed by atoms with Gasteiger partial charge in [-0.05, 0) is 17.7 Å². The van der Waals surface area contributed by atoms with Crippen LogP contribution in [0.2, 0.25) is 0 Å². The largest absolute Gasteiger partial charge is 0.494 e. The fraction of sp³-hybridized carbons (Fsp3) is 0.444. The number of aryl methyl sites for hydroxylation is 1. The zero-order valence-corrected chi connectivity index (χ0v) is 15.3. The Bertz CT molecular complexity index is 777. The third-order valence-electron chi connectivity index (χ3n) is 4.34. The maximum Gasteiger partial charge on any atom is 0.194 e. The molecule has 2 aromatic rings. The smallest absolute Gasteiger partial charge is 0.194 e. The summed E-state index contributed by atoms with van der Waals surface area (Å²) in [6.45, 7) is 2.51. The molecule has 26 heavy (non-hydrogen) atoms. The molecule has 0 saturated carbocycles. The predicted octanol–water partition coefficient (Wildman–Crippen LogP) is 1.72. The van der Waals surface area contributed by atoms with Crippen molar-refractivity contribution in [3.8, 4) is 5.75 Å². The highest BCUT2D eigenvalue weighted by Crippen LogP contribution is 2.22. The molecule has 0 radical (unpaired) electrons. The first-order valence-corrected chi connectivity index (χ1v) is 8.49. The van der Waals surface area contributed by atoms with Crippen molar-refractivity contribution in [2.45, 2.75) is 12.6 Å². The average molecular weight is 361 g/mol. The van der Waals surface area contributed by atoms with Crippen LogP contribution in [0.1, 0.15) is 17.2 Å². The Hall–Kier alpha value is -2.61. The van der Waals surface area contributed by atoms with Gasteiger partial charge in [-0.15, -0.1) is 0 Å². The van der Waals surface area contributed by atoms with Crippen LogP contribution >= 0.6 is 0 Å². The molecule has 2 heterocycles. The van der Waals surface area contributed by atoms with Gasteiger partial charge in [0.25, 0.3) is 0 Å². The number of guanidine groups is 1. The Balaban J connectivity index is 1.62. The van der Waals surface area contributed by atoms with E-state index >= 15 is 0 Å². The second-order valence-corrected chi connectivity index (χ2v) is 6.12. The first kappa shape index (κ1) is 18.2. The van der Waals surface area contributed by atoms with Crippen LogP contribution in [-0.4, -0.2) is 54.5 Å². The Labute approximate surface area is 152 Å². The number of halogens is 1. The van der Waals surface area contributed by atoms with Crippen molar-refractivity contribution >= 4 is 5.96 Å². The molecule has 1 aliphatic heterocycles. The summed E-state index contributed by atoms with van der Waals surface area (Å²) in [6, 6.07) is 4.93. The van der Waals surface area contributed by atoms with Crippen LogP contribution in [0.4, 0.5) is 4.39 Å². The summed E-state index contributed by atoms with van der Waals surface area (Å²) in [7, 11) is 5.08. The summed E-state index contributed by atoms with van der Waals surface area (Å²) in [5.41, 5.74) is 1.87. The van der Waals surface area contributed by atoms with Gasteiger partial charge >= 0.3 is 0 Å². The van der Waals surface area contributed by atoms with Gasteiger partial charge in [-0.3, -0.25) is 9.67 Å². The molecule has 1 aromatic carbocycles. The van der Waals surface area contributed by atoms with E-state index < -0.39 is 0 Å². The molecule has 8 heteroatoms. The predicted molar refractivity (Wildman–Crippen MR) is 96.6 cm³/mol. The Morgan fingerprint density at radius 2 is 2.35 bits per heavy atom. The molecule has 7 nitrogen and oxygen atoms in total. The quantitative estimate of drug-likeness (QED) is 0.664. The van der Waals surface area contributed by atoms with Crippen molar-refractivity contribution in [1.82, 2.24) is 20.0 Å². The number of aliphatic imine (C=N–C) groups is 1. The van der Waals surface area contributed by atoms with Crippen LogP contribution < -0.4 is 10.1 Å². The average Bonchev–Trinajstić information content (AvgIpc) is 3.09. The van der Waals surface area contributed by atoms with E-state index in [-0.39, 0.29) is 17.7 Å². The van der Waals surface area contributed by atoms with E-state index in [9.17, 15) is 4.39 Å². The highest BCUT2D eigenvalue weighted by molar-refractivity contribution is 5.80. The SMILES string of the molecule is CN=C(NCc1ccc(OC)c(F)c1)N1CCOC(c2cnn(C)c2)C1. The van der Waals surface area contributed by atoms with Gasteiger partial charge in [0.1, 0.15) is 6.10 Å². The molecule has 0 amide bonds. The molecular formula is C18H24FN5O2. The van der Waals surface area contributed by atoms with Gasteiger partial charge in [0.2, 0.25) is 0 Å². The fourth-order valence-electron chi connectivity index (χ4n) is 2.98. The molecule has 0 spiro atoms. The molecule has 1 fully saturated rings. The number of hydrogen-bond acceptors (Lipinski definition) is 4. The molecule has 0 bridgehead atoms. The summed E-state index contributed by atoms with van der Waals surface area (Å²) in [5.74, 6) is 0.633. The fourth-order valence-corrected chi connectivity index (χ4v) is 2.98. The lowest BCUT2D eigenvalue weighted by molar-refractivity contribution is -0.00805. The Morgan fingerprint density at radius 1 is 1.50 bits per heavy atom. The molecule has 1 saturated heterocycles. The van der Waals surface area contributed by atoms with Crippen molar-refractivity contribution in [2.24, 2.45) is 12.0 Å². The topological polar surface area (TPSA) is 63.9 Å². The lowest BCUT2D eigenvalue weighted by Gasteiger charge is -2.34. The second kappa shape index (κ2) is 8.18. The van der Waals surface area contributed by atoms with E-state index in [1.54, 1.807) is 17.8 Å². The maximum atomic E-state index is 13.8. The molecular weight excluding hydrogens is 337 g/mol. The van der Waals surface area contributed by atoms with Crippen LogP contribution in [0.25, 0.3) is 0 Å². The summed E-state index contributed by atoms with van der Waals surface area (Å²) >= 11 is 0. The van der Waals surface area contributed by atoms with Crippen molar-refractivity contribution in [3.63, 3.8) is 0 Å². The summed E-state index contributed by atoms with van der Waals surface area (Å²) < 4.78 is 26.4. The van der Waals surface area contributed by atoms with Crippen LogP contribution in [0.5, 0.6) is 5.75 Å². The minimum atomic E-state index is -0.371. The third-order valence-corrected chi connectivity index (χ3v) is 4.34. The molecule has 1 aromatic heterocycles. The number of hydrogen-bond donors (Lipinski definition) is 1. The number of benzene rings is 1. The number of nitrogens with zero attached hydrogens (tertiary/aromatic N) is 4. The van der Waals surface area contributed by atoms with Crippen LogP contribution in [0, 0.1) is 5.82 Å². The second-order valence-electron chi connectivity index (χ2n) is 6.12. The van der Waals surface area contributed by atoms with Gasteiger partial charge in [0.05, 0.1) is 26.5 Å². The minimum absolute atomic E-state index is 0.0468. The molecule has 1 atom stereocenters. The number of rotatable bonds is 4. The third kappa shape index (κ3) is 4.13. The molecule has 140 valence electrons. The molecule has 0 aliphatic carbocycles. The van der Waals surface area contributed by atoms with Gasteiger partial charge in [-0.25, -0.2) is 4.39 Å². The van der Waals surface area contributed by atoms with Crippen molar-refractivity contribution in [1.29, 1.82) is 0 Å².